The Morgan fingerprint density at radius 2 is 1.88 bits per heavy atom. The maximum Gasteiger partial charge on any atom is 0.164 e. The Morgan fingerprint density at radius 1 is 1.17 bits per heavy atom. The molecule has 0 radical (unpaired) electrons. The highest BCUT2D eigenvalue weighted by Gasteiger charge is 2.12. The van der Waals surface area contributed by atoms with Crippen LogP contribution in [-0.4, -0.2) is 15.0 Å². The van der Waals surface area contributed by atoms with Gasteiger partial charge in [0.15, 0.2) is 17.5 Å². The third-order valence-electron chi connectivity index (χ3n) is 3.48. The fraction of sp³-hybridized carbons (Fsp3) is 0.190. The minimum atomic E-state index is 0.459. The first kappa shape index (κ1) is 17.4. The van der Waals surface area contributed by atoms with E-state index in [1.165, 1.54) is 0 Å². The summed E-state index contributed by atoms with van der Waals surface area (Å²) in [4.78, 5) is 13.8. The van der Waals surface area contributed by atoms with Crippen molar-refractivity contribution in [2.24, 2.45) is 0 Å². The second-order valence-corrected chi connectivity index (χ2v) is 5.23. The average molecular weight is 315 g/mol. The van der Waals surface area contributed by atoms with Crippen molar-refractivity contribution in [3.05, 3.63) is 66.8 Å². The van der Waals surface area contributed by atoms with Crippen molar-refractivity contribution >= 4 is 11.1 Å². The van der Waals surface area contributed by atoms with Gasteiger partial charge in [-0.1, -0.05) is 62.1 Å². The number of allylic oxidation sites excluding steroid dienone is 5. The largest absolute Gasteiger partial charge is 0.209 e. The van der Waals surface area contributed by atoms with Crippen LogP contribution in [-0.2, 0) is 0 Å². The van der Waals surface area contributed by atoms with E-state index in [1.54, 1.807) is 0 Å². The summed E-state index contributed by atoms with van der Waals surface area (Å²) < 4.78 is 0. The number of hydrogen-bond donors (Lipinski definition) is 0. The van der Waals surface area contributed by atoms with Gasteiger partial charge in [0.25, 0.3) is 0 Å². The van der Waals surface area contributed by atoms with Gasteiger partial charge in [-0.3, -0.25) is 0 Å². The van der Waals surface area contributed by atoms with E-state index in [0.717, 1.165) is 23.1 Å². The molecule has 0 fully saturated rings. The maximum absolute atomic E-state index is 5.51. The summed E-state index contributed by atoms with van der Waals surface area (Å²) in [6, 6.07) is 9.85. The number of hydrogen-bond acceptors (Lipinski definition) is 3. The van der Waals surface area contributed by atoms with Crippen molar-refractivity contribution in [3.63, 3.8) is 0 Å². The van der Waals surface area contributed by atoms with Crippen LogP contribution in [0.3, 0.4) is 0 Å². The smallest absolute Gasteiger partial charge is 0.164 e. The molecule has 2 rings (SSSR count). The molecule has 1 aromatic heterocycles. The van der Waals surface area contributed by atoms with Crippen molar-refractivity contribution in [2.45, 2.75) is 26.7 Å². The molecule has 0 aliphatic heterocycles. The lowest BCUT2D eigenvalue weighted by molar-refractivity contribution is 0.978. The standard InChI is InChI=1S/C21H21N3/c1-5-8-13-17(12-6-2)20-22-19(16(4)7-3)23-21(24-20)18-14-10-9-11-15-18/h2,5,8-11,13-15H,4,7,12H2,1,3H3/b8-5-,17-13+. The van der Waals surface area contributed by atoms with Gasteiger partial charge in [-0.15, -0.1) is 12.3 Å². The Morgan fingerprint density at radius 3 is 2.50 bits per heavy atom. The van der Waals surface area contributed by atoms with Gasteiger partial charge < -0.3 is 0 Å². The quantitative estimate of drug-likeness (QED) is 0.559. The molecule has 1 aromatic carbocycles. The van der Waals surface area contributed by atoms with Crippen molar-refractivity contribution in [1.29, 1.82) is 0 Å². The van der Waals surface area contributed by atoms with Crippen LogP contribution < -0.4 is 0 Å². The van der Waals surface area contributed by atoms with Crippen LogP contribution in [0.15, 0.2) is 55.1 Å². The van der Waals surface area contributed by atoms with Crippen LogP contribution in [0.1, 0.15) is 38.3 Å². The van der Waals surface area contributed by atoms with Gasteiger partial charge in [0.1, 0.15) is 0 Å². The molecule has 0 aliphatic carbocycles. The molecule has 0 atom stereocenters. The van der Waals surface area contributed by atoms with E-state index in [4.69, 9.17) is 6.42 Å². The number of nitrogens with zero attached hydrogens (tertiary/aromatic N) is 3. The summed E-state index contributed by atoms with van der Waals surface area (Å²) in [5.74, 6) is 4.52. The minimum Gasteiger partial charge on any atom is -0.209 e. The first-order valence-electron chi connectivity index (χ1n) is 7.95. The third kappa shape index (κ3) is 4.27. The fourth-order valence-corrected chi connectivity index (χ4v) is 2.09. The van der Waals surface area contributed by atoms with Crippen LogP contribution in [0.4, 0.5) is 0 Å². The highest BCUT2D eigenvalue weighted by Crippen LogP contribution is 2.22. The molecule has 24 heavy (non-hydrogen) atoms. The number of benzene rings is 1. The summed E-state index contributed by atoms with van der Waals surface area (Å²) >= 11 is 0. The summed E-state index contributed by atoms with van der Waals surface area (Å²) in [6.45, 7) is 8.05. The lowest BCUT2D eigenvalue weighted by Crippen LogP contribution is -2.04. The third-order valence-corrected chi connectivity index (χ3v) is 3.48. The Labute approximate surface area is 143 Å². The van der Waals surface area contributed by atoms with Crippen LogP contribution in [0.5, 0.6) is 0 Å². The van der Waals surface area contributed by atoms with Crippen molar-refractivity contribution in [2.75, 3.05) is 0 Å². The second kappa shape index (κ2) is 8.59. The molecular formula is C21H21N3. The predicted molar refractivity (Wildman–Crippen MR) is 101 cm³/mol. The Kier molecular flexibility index (Phi) is 6.22. The van der Waals surface area contributed by atoms with E-state index in [-0.39, 0.29) is 0 Å². The number of rotatable bonds is 6. The van der Waals surface area contributed by atoms with E-state index in [9.17, 15) is 0 Å². The van der Waals surface area contributed by atoms with Gasteiger partial charge in [0.05, 0.1) is 0 Å². The number of terminal acetylenes is 1. The van der Waals surface area contributed by atoms with Gasteiger partial charge in [-0.25, -0.2) is 15.0 Å². The highest BCUT2D eigenvalue weighted by atomic mass is 15.0. The Bertz CT molecular complexity index is 809. The van der Waals surface area contributed by atoms with E-state index in [1.807, 2.05) is 62.4 Å². The van der Waals surface area contributed by atoms with Gasteiger partial charge in [-0.05, 0) is 18.9 Å². The zero-order chi connectivity index (χ0) is 17.4. The Balaban J connectivity index is 2.62. The molecule has 3 heteroatoms. The number of aromatic nitrogens is 3. The summed E-state index contributed by atoms with van der Waals surface area (Å²) in [5.41, 5.74) is 2.71. The Hall–Kier alpha value is -2.99. The first-order valence-corrected chi connectivity index (χ1v) is 7.95. The van der Waals surface area contributed by atoms with Crippen molar-refractivity contribution in [3.8, 4) is 23.7 Å². The molecule has 2 aromatic rings. The molecule has 3 nitrogen and oxygen atoms in total. The van der Waals surface area contributed by atoms with Crippen LogP contribution in [0, 0.1) is 12.3 Å². The zero-order valence-corrected chi connectivity index (χ0v) is 14.2. The lowest BCUT2D eigenvalue weighted by atomic mass is 10.1. The molecule has 0 saturated carbocycles. The normalized spacial score (nSPS) is 11.5. The monoisotopic (exact) mass is 315 g/mol. The summed E-state index contributed by atoms with van der Waals surface area (Å²) in [5, 5.41) is 0. The lowest BCUT2D eigenvalue weighted by Gasteiger charge is -2.09. The van der Waals surface area contributed by atoms with Gasteiger partial charge in [-0.2, -0.15) is 0 Å². The maximum atomic E-state index is 5.51. The zero-order valence-electron chi connectivity index (χ0n) is 14.2. The van der Waals surface area contributed by atoms with Crippen molar-refractivity contribution in [1.82, 2.24) is 15.0 Å². The molecule has 1 heterocycles. The molecular weight excluding hydrogens is 294 g/mol. The molecule has 0 saturated heterocycles. The van der Waals surface area contributed by atoms with Crippen molar-refractivity contribution < 1.29 is 0 Å². The molecule has 0 amide bonds. The first-order chi connectivity index (χ1) is 11.7. The van der Waals surface area contributed by atoms with E-state index >= 15 is 0 Å². The molecule has 0 aliphatic rings. The second-order valence-electron chi connectivity index (χ2n) is 5.23. The molecule has 120 valence electrons. The summed E-state index contributed by atoms with van der Waals surface area (Å²) in [7, 11) is 0. The molecule has 0 bridgehead atoms. The van der Waals surface area contributed by atoms with Gasteiger partial charge in [0, 0.05) is 17.6 Å². The van der Waals surface area contributed by atoms with E-state index < -0.39 is 0 Å². The summed E-state index contributed by atoms with van der Waals surface area (Å²) in [6.07, 6.45) is 12.6. The molecule has 0 unspecified atom stereocenters. The van der Waals surface area contributed by atoms with Crippen LogP contribution in [0.25, 0.3) is 22.5 Å². The van der Waals surface area contributed by atoms with Crippen LogP contribution in [0.2, 0.25) is 0 Å². The predicted octanol–water partition coefficient (Wildman–Crippen LogP) is 4.94. The molecule has 0 N–H and O–H groups in total. The fourth-order valence-electron chi connectivity index (χ4n) is 2.09. The van der Waals surface area contributed by atoms with Gasteiger partial charge in [0.2, 0.25) is 0 Å². The topological polar surface area (TPSA) is 38.7 Å². The van der Waals surface area contributed by atoms with Crippen LogP contribution >= 0.6 is 0 Å². The minimum absolute atomic E-state index is 0.459. The van der Waals surface area contributed by atoms with E-state index in [2.05, 4.69) is 27.5 Å². The highest BCUT2D eigenvalue weighted by molar-refractivity contribution is 5.68. The SMILES string of the molecule is C#CC/C(=C\C=C/C)c1nc(C(=C)CC)nc(-c2ccccc2)n1. The van der Waals surface area contributed by atoms with Gasteiger partial charge >= 0.3 is 0 Å². The molecule has 0 spiro atoms. The van der Waals surface area contributed by atoms with E-state index in [0.29, 0.717) is 23.9 Å². The average Bonchev–Trinajstić information content (AvgIpc) is 2.64.